The highest BCUT2D eigenvalue weighted by atomic mass is 16.5. The second kappa shape index (κ2) is 12.9. The molecule has 3 N–H and O–H groups in total. The molecule has 0 aromatic heterocycles. The van der Waals surface area contributed by atoms with Crippen molar-refractivity contribution in [3.8, 4) is 6.07 Å². The fourth-order valence-corrected chi connectivity index (χ4v) is 2.02. The van der Waals surface area contributed by atoms with Crippen LogP contribution in [0.3, 0.4) is 0 Å². The van der Waals surface area contributed by atoms with E-state index in [1.165, 1.54) is 6.20 Å². The second-order valence-electron chi connectivity index (χ2n) is 5.54. The molecule has 0 bridgehead atoms. The van der Waals surface area contributed by atoms with Gasteiger partial charge in [0.1, 0.15) is 11.6 Å². The largest absolute Gasteiger partial charge is 0.462 e. The minimum atomic E-state index is -0.634. The van der Waals surface area contributed by atoms with Crippen molar-refractivity contribution >= 4 is 24.0 Å². The van der Waals surface area contributed by atoms with Crippen LogP contribution < -0.4 is 16.0 Å². The third kappa shape index (κ3) is 8.05. The van der Waals surface area contributed by atoms with E-state index in [1.54, 1.807) is 24.3 Å². The first-order chi connectivity index (χ1) is 13.1. The number of carbonyl (C=O) groups excluding carboxylic acids is 3. The number of para-hydroxylation sites is 1. The highest BCUT2D eigenvalue weighted by Crippen LogP contribution is 2.17. The predicted molar refractivity (Wildman–Crippen MR) is 101 cm³/mol. The lowest BCUT2D eigenvalue weighted by atomic mass is 10.1. The van der Waals surface area contributed by atoms with Gasteiger partial charge in [0.15, 0.2) is 0 Å². The van der Waals surface area contributed by atoms with Crippen LogP contribution in [0, 0.1) is 11.3 Å². The number of benzene rings is 1. The smallest absolute Gasteiger partial charge is 0.340 e. The maximum atomic E-state index is 12.3. The second-order valence-corrected chi connectivity index (χ2v) is 5.54. The third-order valence-corrected chi connectivity index (χ3v) is 3.46. The normalized spacial score (nSPS) is 10.4. The van der Waals surface area contributed by atoms with Crippen molar-refractivity contribution in [1.82, 2.24) is 10.6 Å². The van der Waals surface area contributed by atoms with Crippen LogP contribution in [0.4, 0.5) is 5.69 Å². The summed E-state index contributed by atoms with van der Waals surface area (Å²) in [5.74, 6) is -1.16. The number of nitrogens with one attached hydrogen (secondary N) is 3. The van der Waals surface area contributed by atoms with Crippen molar-refractivity contribution < 1.29 is 19.1 Å². The summed E-state index contributed by atoms with van der Waals surface area (Å²) in [4.78, 5) is 34.6. The predicted octanol–water partition coefficient (Wildman–Crippen LogP) is 1.72. The van der Waals surface area contributed by atoms with Gasteiger partial charge in [-0.2, -0.15) is 5.26 Å². The molecule has 144 valence electrons. The summed E-state index contributed by atoms with van der Waals surface area (Å²) in [5.41, 5.74) is 0.375. The van der Waals surface area contributed by atoms with E-state index in [-0.39, 0.29) is 16.8 Å². The van der Waals surface area contributed by atoms with Gasteiger partial charge in [-0.3, -0.25) is 9.59 Å². The Balaban J connectivity index is 2.70. The van der Waals surface area contributed by atoms with Gasteiger partial charge in [-0.1, -0.05) is 25.5 Å². The Morgan fingerprint density at radius 1 is 1.19 bits per heavy atom. The Kier molecular flexibility index (Phi) is 10.4. The molecule has 0 saturated carbocycles. The van der Waals surface area contributed by atoms with Crippen LogP contribution in [-0.2, 0) is 14.3 Å². The molecule has 1 aromatic carbocycles. The van der Waals surface area contributed by atoms with E-state index in [9.17, 15) is 14.4 Å². The zero-order chi connectivity index (χ0) is 19.9. The lowest BCUT2D eigenvalue weighted by Gasteiger charge is -2.10. The van der Waals surface area contributed by atoms with Crippen molar-refractivity contribution in [3.63, 3.8) is 0 Å². The number of nitrogens with zero attached hydrogens (tertiary/aromatic N) is 1. The Labute approximate surface area is 158 Å². The first kappa shape index (κ1) is 21.7. The fraction of sp³-hybridized carbons (Fsp3) is 0.368. The Morgan fingerprint density at radius 3 is 2.63 bits per heavy atom. The van der Waals surface area contributed by atoms with Gasteiger partial charge in [0.2, 0.25) is 6.41 Å². The molecule has 0 unspecified atom stereocenters. The number of unbranched alkanes of at least 4 members (excludes halogenated alkanes) is 1. The van der Waals surface area contributed by atoms with E-state index in [0.29, 0.717) is 32.5 Å². The number of ether oxygens (including phenoxy) is 1. The molecular formula is C19H24N4O4. The molecule has 1 aromatic rings. The van der Waals surface area contributed by atoms with Crippen LogP contribution in [0.5, 0.6) is 0 Å². The number of hydrogen-bond donors (Lipinski definition) is 3. The minimum Gasteiger partial charge on any atom is -0.462 e. The van der Waals surface area contributed by atoms with Crippen LogP contribution in [0.2, 0.25) is 0 Å². The number of esters is 1. The number of anilines is 1. The standard InChI is InChI=1S/C19H24N4O4/c1-2-3-11-27-19(26)16-7-4-5-8-17(16)23-18(25)15(12-20)13-21-9-6-10-22-14-24/h4-5,7-8,13-14,21H,2-3,6,9-11H2,1H3,(H,22,24)(H,23,25)/b15-13-. The number of rotatable bonds is 12. The first-order valence-corrected chi connectivity index (χ1v) is 8.72. The van der Waals surface area contributed by atoms with Crippen LogP contribution >= 0.6 is 0 Å². The van der Waals surface area contributed by atoms with E-state index >= 15 is 0 Å². The Morgan fingerprint density at radius 2 is 1.93 bits per heavy atom. The Hall–Kier alpha value is -3.34. The number of hydrogen-bond acceptors (Lipinski definition) is 6. The summed E-state index contributed by atoms with van der Waals surface area (Å²) in [6, 6.07) is 8.28. The third-order valence-electron chi connectivity index (χ3n) is 3.46. The van der Waals surface area contributed by atoms with Gasteiger partial charge in [-0.25, -0.2) is 4.79 Å². The van der Waals surface area contributed by atoms with Crippen molar-refractivity contribution in [1.29, 1.82) is 5.26 Å². The maximum absolute atomic E-state index is 12.3. The maximum Gasteiger partial charge on any atom is 0.340 e. The summed E-state index contributed by atoms with van der Waals surface area (Å²) >= 11 is 0. The van der Waals surface area contributed by atoms with Crippen molar-refractivity contribution in [2.75, 3.05) is 25.0 Å². The highest BCUT2D eigenvalue weighted by Gasteiger charge is 2.16. The highest BCUT2D eigenvalue weighted by molar-refractivity contribution is 6.09. The molecule has 0 fully saturated rings. The van der Waals surface area contributed by atoms with E-state index in [2.05, 4.69) is 16.0 Å². The van der Waals surface area contributed by atoms with Crippen molar-refractivity contribution in [2.24, 2.45) is 0 Å². The number of amides is 2. The zero-order valence-corrected chi connectivity index (χ0v) is 15.3. The summed E-state index contributed by atoms with van der Waals surface area (Å²) in [6.45, 7) is 3.28. The first-order valence-electron chi connectivity index (χ1n) is 8.72. The van der Waals surface area contributed by atoms with Gasteiger partial charge < -0.3 is 20.7 Å². The van der Waals surface area contributed by atoms with Crippen molar-refractivity contribution in [3.05, 3.63) is 41.6 Å². The average Bonchev–Trinajstić information content (AvgIpc) is 2.68. The lowest BCUT2D eigenvalue weighted by molar-refractivity contribution is -0.112. The molecule has 1 rings (SSSR count). The minimum absolute atomic E-state index is 0.132. The summed E-state index contributed by atoms with van der Waals surface area (Å²) in [5, 5.41) is 17.1. The summed E-state index contributed by atoms with van der Waals surface area (Å²) < 4.78 is 5.18. The van der Waals surface area contributed by atoms with E-state index in [0.717, 1.165) is 12.8 Å². The molecule has 0 radical (unpaired) electrons. The topological polar surface area (TPSA) is 120 Å². The molecule has 0 saturated heterocycles. The quantitative estimate of drug-likeness (QED) is 0.169. The van der Waals surface area contributed by atoms with E-state index in [1.807, 2.05) is 13.0 Å². The molecule has 0 aliphatic rings. The van der Waals surface area contributed by atoms with Crippen molar-refractivity contribution in [2.45, 2.75) is 26.2 Å². The molecule has 0 heterocycles. The molecular weight excluding hydrogens is 348 g/mol. The average molecular weight is 372 g/mol. The van der Waals surface area contributed by atoms with Crippen LogP contribution in [0.1, 0.15) is 36.5 Å². The SMILES string of the molecule is CCCCOC(=O)c1ccccc1NC(=O)/C(C#N)=C\NCCCNC=O. The van der Waals surface area contributed by atoms with Gasteiger partial charge in [0.05, 0.1) is 17.9 Å². The molecule has 8 heteroatoms. The van der Waals surface area contributed by atoms with Crippen LogP contribution in [0.15, 0.2) is 36.0 Å². The molecule has 27 heavy (non-hydrogen) atoms. The van der Waals surface area contributed by atoms with Gasteiger partial charge in [0, 0.05) is 19.3 Å². The van der Waals surface area contributed by atoms with E-state index < -0.39 is 11.9 Å². The molecule has 0 aliphatic carbocycles. The van der Waals surface area contributed by atoms with Gasteiger partial charge in [0.25, 0.3) is 5.91 Å². The molecule has 0 spiro atoms. The summed E-state index contributed by atoms with van der Waals surface area (Å²) in [6.07, 6.45) is 4.21. The summed E-state index contributed by atoms with van der Waals surface area (Å²) in [7, 11) is 0. The molecule has 2 amide bonds. The van der Waals surface area contributed by atoms with Crippen LogP contribution in [-0.4, -0.2) is 38.0 Å². The molecule has 0 aliphatic heterocycles. The number of carbonyl (C=O) groups is 3. The zero-order valence-electron chi connectivity index (χ0n) is 15.3. The lowest BCUT2D eigenvalue weighted by Crippen LogP contribution is -2.21. The van der Waals surface area contributed by atoms with Gasteiger partial charge >= 0.3 is 5.97 Å². The van der Waals surface area contributed by atoms with Gasteiger partial charge in [-0.15, -0.1) is 0 Å². The van der Waals surface area contributed by atoms with Gasteiger partial charge in [-0.05, 0) is 25.0 Å². The van der Waals surface area contributed by atoms with E-state index in [4.69, 9.17) is 10.00 Å². The Bertz CT molecular complexity index is 710. The monoisotopic (exact) mass is 372 g/mol. The molecule has 0 atom stereocenters. The number of nitriles is 1. The molecule has 8 nitrogen and oxygen atoms in total. The van der Waals surface area contributed by atoms with Crippen LogP contribution in [0.25, 0.3) is 0 Å². The fourth-order valence-electron chi connectivity index (χ4n) is 2.02.